The largest absolute Gasteiger partial charge is 0.480 e. The first-order chi connectivity index (χ1) is 15.6. The number of aromatic amines is 1. The fourth-order valence-electron chi connectivity index (χ4n) is 3.11. The van der Waals surface area contributed by atoms with E-state index in [2.05, 4.69) is 37.8 Å². The quantitative estimate of drug-likeness (QED) is 0.233. The lowest BCUT2D eigenvalue weighted by Gasteiger charge is -2.27. The van der Waals surface area contributed by atoms with Crippen molar-refractivity contribution in [2.45, 2.75) is 18.5 Å². The van der Waals surface area contributed by atoms with Crippen molar-refractivity contribution in [1.29, 1.82) is 0 Å². The van der Waals surface area contributed by atoms with Crippen LogP contribution in [0.15, 0.2) is 41.2 Å². The van der Waals surface area contributed by atoms with Gasteiger partial charge in [0.1, 0.15) is 11.7 Å². The van der Waals surface area contributed by atoms with E-state index in [1.165, 1.54) is 12.1 Å². The lowest BCUT2D eigenvalue weighted by Crippen LogP contribution is -2.41. The molecule has 13 heteroatoms. The number of nitrogens with two attached hydrogens (primary N) is 1. The fourth-order valence-corrected chi connectivity index (χ4v) is 3.11. The minimum absolute atomic E-state index is 0.0234. The monoisotopic (exact) mass is 457 g/mol. The van der Waals surface area contributed by atoms with Crippen LogP contribution in [0.25, 0.3) is 0 Å². The highest BCUT2D eigenvalue weighted by Gasteiger charge is 2.24. The van der Waals surface area contributed by atoms with Crippen molar-refractivity contribution in [3.63, 3.8) is 0 Å². The van der Waals surface area contributed by atoms with E-state index in [9.17, 15) is 24.3 Å². The molecule has 0 aliphatic carbocycles. The molecule has 0 fully saturated rings. The number of nitrogens with one attached hydrogen (secondary N) is 5. The zero-order chi connectivity index (χ0) is 24.1. The molecule has 33 heavy (non-hydrogen) atoms. The van der Waals surface area contributed by atoms with Crippen molar-refractivity contribution in [2.75, 3.05) is 34.8 Å². The summed E-state index contributed by atoms with van der Waals surface area (Å²) in [4.78, 5) is 53.0. The van der Waals surface area contributed by atoms with Crippen LogP contribution in [0.3, 0.4) is 0 Å². The van der Waals surface area contributed by atoms with Crippen LogP contribution in [0, 0.1) is 0 Å². The van der Waals surface area contributed by atoms with Crippen molar-refractivity contribution in [3.8, 4) is 0 Å². The van der Waals surface area contributed by atoms with Gasteiger partial charge in [-0.15, -0.1) is 0 Å². The zero-order valence-corrected chi connectivity index (χ0v) is 17.3. The summed E-state index contributed by atoms with van der Waals surface area (Å²) in [6.45, 7) is 4.23. The third-order valence-electron chi connectivity index (χ3n) is 4.86. The molecule has 174 valence electrons. The van der Waals surface area contributed by atoms with Crippen LogP contribution < -0.4 is 32.6 Å². The second-order valence-electron chi connectivity index (χ2n) is 7.33. The van der Waals surface area contributed by atoms with Crippen LogP contribution in [0.1, 0.15) is 16.8 Å². The third-order valence-corrected chi connectivity index (χ3v) is 4.86. The SMILES string of the molecule is C=C(C[C@H](NC(=O)c1ccc(NCC2CNc3nc(N)[nH]c(=O)c3N2)cc1)C(=O)O)C(=O)O. The van der Waals surface area contributed by atoms with Gasteiger partial charge in [-0.1, -0.05) is 6.58 Å². The molecule has 0 radical (unpaired) electrons. The van der Waals surface area contributed by atoms with Crippen LogP contribution in [0.4, 0.5) is 23.1 Å². The number of carboxylic acid groups (broad SMARTS) is 2. The standard InChI is InChI=1S/C20H23N7O6/c1-9(18(30)31)6-13(19(32)33)25-16(28)10-2-4-11(5-3-10)22-7-12-8-23-15-14(24-12)17(29)27-20(21)26-15/h2-5,12-13,22,24H,1,6-8H2,(H,25,28)(H,30,31)(H,32,33)(H4,21,23,26,27,29)/t12?,13-/m0/s1. The Labute approximate surface area is 187 Å². The average Bonchev–Trinajstić information content (AvgIpc) is 2.77. The highest BCUT2D eigenvalue weighted by atomic mass is 16.4. The number of nitrogen functional groups attached to an aromatic ring is 1. The highest BCUT2D eigenvalue weighted by molar-refractivity contribution is 5.97. The van der Waals surface area contributed by atoms with Gasteiger partial charge in [0, 0.05) is 36.3 Å². The number of fused-ring (bicyclic) bond motifs is 1. The number of hydrogen-bond acceptors (Lipinski definition) is 9. The molecule has 13 nitrogen and oxygen atoms in total. The number of nitrogens with zero attached hydrogens (tertiary/aromatic N) is 1. The number of hydrogen-bond donors (Lipinski definition) is 8. The predicted octanol–water partition coefficient (Wildman–Crippen LogP) is -0.116. The first-order valence-corrected chi connectivity index (χ1v) is 9.83. The maximum absolute atomic E-state index is 12.4. The summed E-state index contributed by atoms with van der Waals surface area (Å²) < 4.78 is 0. The van der Waals surface area contributed by atoms with E-state index in [0.29, 0.717) is 30.3 Å². The molecular formula is C20H23N7O6. The van der Waals surface area contributed by atoms with Crippen molar-refractivity contribution < 1.29 is 24.6 Å². The molecule has 9 N–H and O–H groups in total. The van der Waals surface area contributed by atoms with Gasteiger partial charge < -0.3 is 37.2 Å². The molecule has 2 aromatic rings. The Bertz CT molecular complexity index is 1140. The fraction of sp³-hybridized carbons (Fsp3) is 0.250. The molecule has 0 saturated heterocycles. The number of anilines is 4. The molecular weight excluding hydrogens is 434 g/mol. The molecule has 1 amide bonds. The number of amides is 1. The van der Waals surface area contributed by atoms with E-state index in [4.69, 9.17) is 10.8 Å². The number of benzene rings is 1. The molecule has 1 aromatic heterocycles. The van der Waals surface area contributed by atoms with E-state index in [-0.39, 0.29) is 28.7 Å². The van der Waals surface area contributed by atoms with Gasteiger partial charge in [-0.2, -0.15) is 4.98 Å². The van der Waals surface area contributed by atoms with Gasteiger partial charge in [-0.05, 0) is 24.3 Å². The summed E-state index contributed by atoms with van der Waals surface area (Å²) in [5.74, 6) is -2.95. The molecule has 1 aliphatic rings. The predicted molar refractivity (Wildman–Crippen MR) is 120 cm³/mol. The summed E-state index contributed by atoms with van der Waals surface area (Å²) in [6.07, 6.45) is -0.424. The first kappa shape index (κ1) is 23.1. The minimum atomic E-state index is -1.42. The molecule has 0 saturated carbocycles. The Morgan fingerprint density at radius 3 is 2.58 bits per heavy atom. The topological polar surface area (TPSA) is 212 Å². The Balaban J connectivity index is 1.56. The Morgan fingerprint density at radius 1 is 1.24 bits per heavy atom. The molecule has 1 unspecified atom stereocenters. The van der Waals surface area contributed by atoms with E-state index in [0.717, 1.165) is 0 Å². The smallest absolute Gasteiger partial charge is 0.331 e. The van der Waals surface area contributed by atoms with E-state index in [1.54, 1.807) is 12.1 Å². The van der Waals surface area contributed by atoms with Gasteiger partial charge in [-0.3, -0.25) is 14.6 Å². The number of H-pyrrole nitrogens is 1. The van der Waals surface area contributed by atoms with Crippen LogP contribution in [0.2, 0.25) is 0 Å². The lowest BCUT2D eigenvalue weighted by molar-refractivity contribution is -0.139. The Hall–Kier alpha value is -4.55. The maximum Gasteiger partial charge on any atom is 0.331 e. The summed E-state index contributed by atoms with van der Waals surface area (Å²) in [7, 11) is 0. The van der Waals surface area contributed by atoms with Crippen LogP contribution >= 0.6 is 0 Å². The van der Waals surface area contributed by atoms with Crippen LogP contribution in [0.5, 0.6) is 0 Å². The lowest BCUT2D eigenvalue weighted by atomic mass is 10.1. The summed E-state index contributed by atoms with van der Waals surface area (Å²) in [5, 5.41) is 29.7. The molecule has 1 aromatic carbocycles. The normalized spacial score (nSPS) is 15.2. The molecule has 1 aliphatic heterocycles. The van der Waals surface area contributed by atoms with Gasteiger partial charge in [0.05, 0.1) is 6.04 Å². The second kappa shape index (κ2) is 9.72. The first-order valence-electron chi connectivity index (χ1n) is 9.83. The summed E-state index contributed by atoms with van der Waals surface area (Å²) in [5.41, 5.74) is 6.02. The number of carboxylic acids is 2. The van der Waals surface area contributed by atoms with Crippen LogP contribution in [-0.4, -0.2) is 63.2 Å². The van der Waals surface area contributed by atoms with Gasteiger partial charge >= 0.3 is 11.9 Å². The summed E-state index contributed by atoms with van der Waals surface area (Å²) >= 11 is 0. The number of carbonyl (C=O) groups excluding carboxylic acids is 1. The zero-order valence-electron chi connectivity index (χ0n) is 17.3. The Kier molecular flexibility index (Phi) is 6.81. The van der Waals surface area contributed by atoms with Crippen molar-refractivity contribution in [1.82, 2.24) is 15.3 Å². The highest BCUT2D eigenvalue weighted by Crippen LogP contribution is 2.20. The van der Waals surface area contributed by atoms with E-state index >= 15 is 0 Å². The van der Waals surface area contributed by atoms with E-state index in [1.807, 2.05) is 0 Å². The molecule has 0 spiro atoms. The van der Waals surface area contributed by atoms with Crippen molar-refractivity contribution >= 4 is 41.0 Å². The molecule has 2 atom stereocenters. The second-order valence-corrected chi connectivity index (χ2v) is 7.33. The minimum Gasteiger partial charge on any atom is -0.480 e. The van der Waals surface area contributed by atoms with Gasteiger partial charge in [0.15, 0.2) is 5.82 Å². The molecule has 2 heterocycles. The van der Waals surface area contributed by atoms with Gasteiger partial charge in [0.2, 0.25) is 5.95 Å². The third kappa shape index (κ3) is 5.78. The van der Waals surface area contributed by atoms with Crippen LogP contribution in [-0.2, 0) is 9.59 Å². The van der Waals surface area contributed by atoms with Crippen molar-refractivity contribution in [3.05, 3.63) is 52.3 Å². The van der Waals surface area contributed by atoms with Crippen molar-refractivity contribution in [2.24, 2.45) is 0 Å². The maximum atomic E-state index is 12.4. The Morgan fingerprint density at radius 2 is 1.94 bits per heavy atom. The average molecular weight is 457 g/mol. The number of carbonyl (C=O) groups is 3. The van der Waals surface area contributed by atoms with E-state index < -0.39 is 30.3 Å². The van der Waals surface area contributed by atoms with Gasteiger partial charge in [0.25, 0.3) is 11.5 Å². The number of rotatable bonds is 9. The van der Waals surface area contributed by atoms with Gasteiger partial charge in [-0.25, -0.2) is 9.59 Å². The molecule has 3 rings (SSSR count). The molecule has 0 bridgehead atoms. The summed E-state index contributed by atoms with van der Waals surface area (Å²) in [6, 6.07) is 4.73. The number of aromatic nitrogens is 2. The number of aliphatic carboxylic acids is 2.